The number of amides is 1. The minimum absolute atomic E-state index is 0.173. The lowest BCUT2D eigenvalue weighted by molar-refractivity contribution is -0.130. The van der Waals surface area contributed by atoms with Crippen molar-refractivity contribution in [2.45, 2.75) is 38.5 Å². The predicted octanol–water partition coefficient (Wildman–Crippen LogP) is 1.87. The third-order valence-electron chi connectivity index (χ3n) is 4.05. The number of carbonyl (C=O) groups is 1. The Morgan fingerprint density at radius 3 is 2.21 bits per heavy atom. The average Bonchev–Trinajstić information content (AvgIpc) is 3.28. The SMILES string of the molecule is CN(CCC#N)C(=O)CCN(CC1CC1)CC1CC1. The van der Waals surface area contributed by atoms with Crippen molar-refractivity contribution < 1.29 is 4.79 Å². The second-order valence-electron chi connectivity index (χ2n) is 6.12. The van der Waals surface area contributed by atoms with Crippen molar-refractivity contribution in [1.29, 1.82) is 5.26 Å². The molecular formula is C15H25N3O. The van der Waals surface area contributed by atoms with E-state index < -0.39 is 0 Å². The maximum absolute atomic E-state index is 11.9. The van der Waals surface area contributed by atoms with Gasteiger partial charge in [0.15, 0.2) is 0 Å². The molecule has 2 saturated carbocycles. The Kier molecular flexibility index (Phi) is 5.21. The molecule has 0 spiro atoms. The Bertz CT molecular complexity index is 328. The van der Waals surface area contributed by atoms with Crippen LogP contribution in [-0.4, -0.2) is 48.9 Å². The predicted molar refractivity (Wildman–Crippen MR) is 74.4 cm³/mol. The summed E-state index contributed by atoms with van der Waals surface area (Å²) in [4.78, 5) is 16.1. The molecule has 2 rings (SSSR count). The van der Waals surface area contributed by atoms with Gasteiger partial charge in [-0.2, -0.15) is 5.26 Å². The summed E-state index contributed by atoms with van der Waals surface area (Å²) in [6, 6.07) is 2.08. The number of hydrogen-bond acceptors (Lipinski definition) is 3. The molecule has 2 fully saturated rings. The third kappa shape index (κ3) is 5.61. The van der Waals surface area contributed by atoms with Crippen molar-refractivity contribution in [3.8, 4) is 6.07 Å². The molecule has 1 amide bonds. The quantitative estimate of drug-likeness (QED) is 0.638. The van der Waals surface area contributed by atoms with Gasteiger partial charge in [-0.15, -0.1) is 0 Å². The third-order valence-corrected chi connectivity index (χ3v) is 4.05. The second-order valence-corrected chi connectivity index (χ2v) is 6.12. The van der Waals surface area contributed by atoms with Crippen LogP contribution in [0.3, 0.4) is 0 Å². The smallest absolute Gasteiger partial charge is 0.223 e. The molecule has 0 aromatic heterocycles. The van der Waals surface area contributed by atoms with Crippen LogP contribution in [0.5, 0.6) is 0 Å². The highest BCUT2D eigenvalue weighted by molar-refractivity contribution is 5.76. The van der Waals surface area contributed by atoms with Crippen LogP contribution in [-0.2, 0) is 4.79 Å². The van der Waals surface area contributed by atoms with Crippen molar-refractivity contribution in [3.63, 3.8) is 0 Å². The van der Waals surface area contributed by atoms with Gasteiger partial charge in [0.25, 0.3) is 0 Å². The van der Waals surface area contributed by atoms with E-state index in [0.717, 1.165) is 18.4 Å². The first-order valence-electron chi connectivity index (χ1n) is 7.52. The maximum atomic E-state index is 11.9. The van der Waals surface area contributed by atoms with Gasteiger partial charge in [-0.3, -0.25) is 4.79 Å². The molecule has 2 aliphatic rings. The number of rotatable bonds is 9. The van der Waals surface area contributed by atoms with E-state index in [1.165, 1.54) is 38.8 Å². The molecule has 0 saturated heterocycles. The fourth-order valence-corrected chi connectivity index (χ4v) is 2.38. The lowest BCUT2D eigenvalue weighted by Crippen LogP contribution is -2.34. The maximum Gasteiger partial charge on any atom is 0.223 e. The van der Waals surface area contributed by atoms with Gasteiger partial charge >= 0.3 is 0 Å². The Morgan fingerprint density at radius 2 is 1.74 bits per heavy atom. The summed E-state index contributed by atoms with van der Waals surface area (Å²) in [6.07, 6.45) is 6.51. The monoisotopic (exact) mass is 263 g/mol. The summed E-state index contributed by atoms with van der Waals surface area (Å²) in [5, 5.41) is 8.53. The van der Waals surface area contributed by atoms with Gasteiger partial charge in [-0.05, 0) is 37.5 Å². The number of nitriles is 1. The van der Waals surface area contributed by atoms with Crippen molar-refractivity contribution >= 4 is 5.91 Å². The number of carbonyl (C=O) groups excluding carboxylic acids is 1. The summed E-state index contributed by atoms with van der Waals surface area (Å²) < 4.78 is 0. The van der Waals surface area contributed by atoms with E-state index in [1.807, 2.05) is 0 Å². The molecule has 0 N–H and O–H groups in total. The minimum atomic E-state index is 0.173. The lowest BCUT2D eigenvalue weighted by Gasteiger charge is -2.23. The van der Waals surface area contributed by atoms with E-state index in [0.29, 0.717) is 19.4 Å². The van der Waals surface area contributed by atoms with Crippen LogP contribution in [0, 0.1) is 23.2 Å². The van der Waals surface area contributed by atoms with E-state index in [2.05, 4.69) is 11.0 Å². The van der Waals surface area contributed by atoms with Gasteiger partial charge in [0.2, 0.25) is 5.91 Å². The van der Waals surface area contributed by atoms with Gasteiger partial charge in [0.1, 0.15) is 0 Å². The zero-order chi connectivity index (χ0) is 13.7. The number of nitrogens with zero attached hydrogens (tertiary/aromatic N) is 3. The molecule has 0 aromatic rings. The molecule has 2 aliphatic carbocycles. The first kappa shape index (κ1) is 14.3. The Hall–Kier alpha value is -1.08. The van der Waals surface area contributed by atoms with Gasteiger partial charge in [-0.25, -0.2) is 0 Å². The summed E-state index contributed by atoms with van der Waals surface area (Å²) in [7, 11) is 1.80. The summed E-state index contributed by atoms with van der Waals surface area (Å²) >= 11 is 0. The molecule has 4 heteroatoms. The first-order chi connectivity index (χ1) is 9.19. The molecule has 0 radical (unpaired) electrons. The summed E-state index contributed by atoms with van der Waals surface area (Å²) in [6.45, 7) is 3.82. The highest BCUT2D eigenvalue weighted by Gasteiger charge is 2.29. The largest absolute Gasteiger partial charge is 0.345 e. The van der Waals surface area contributed by atoms with Crippen LogP contribution in [0.1, 0.15) is 38.5 Å². The topological polar surface area (TPSA) is 47.3 Å². The Morgan fingerprint density at radius 1 is 1.16 bits per heavy atom. The van der Waals surface area contributed by atoms with Gasteiger partial charge in [0, 0.05) is 39.6 Å². The first-order valence-corrected chi connectivity index (χ1v) is 7.52. The van der Waals surface area contributed by atoms with Crippen LogP contribution in [0.2, 0.25) is 0 Å². The average molecular weight is 263 g/mol. The van der Waals surface area contributed by atoms with E-state index >= 15 is 0 Å². The molecule has 4 nitrogen and oxygen atoms in total. The molecule has 0 aromatic carbocycles. The standard InChI is InChI=1S/C15H25N3O/c1-17(9-2-8-16)15(19)7-10-18(11-13-3-4-13)12-14-5-6-14/h13-14H,2-7,9-12H2,1H3. The van der Waals surface area contributed by atoms with Crippen LogP contribution in [0.25, 0.3) is 0 Å². The van der Waals surface area contributed by atoms with E-state index in [4.69, 9.17) is 5.26 Å². The van der Waals surface area contributed by atoms with Crippen LogP contribution >= 0.6 is 0 Å². The van der Waals surface area contributed by atoms with Crippen LogP contribution in [0.4, 0.5) is 0 Å². The van der Waals surface area contributed by atoms with E-state index in [9.17, 15) is 4.79 Å². The molecule has 0 heterocycles. The zero-order valence-corrected chi connectivity index (χ0v) is 12.0. The molecule has 0 unspecified atom stereocenters. The summed E-state index contributed by atoms with van der Waals surface area (Å²) in [5.41, 5.74) is 0. The zero-order valence-electron chi connectivity index (χ0n) is 12.0. The fraction of sp³-hybridized carbons (Fsp3) is 0.867. The van der Waals surface area contributed by atoms with Gasteiger partial charge in [0.05, 0.1) is 12.5 Å². The molecular weight excluding hydrogens is 238 g/mol. The molecule has 0 aliphatic heterocycles. The second kappa shape index (κ2) is 6.91. The Balaban J connectivity index is 1.67. The van der Waals surface area contributed by atoms with Crippen molar-refractivity contribution in [1.82, 2.24) is 9.80 Å². The molecule has 0 bridgehead atoms. The molecule has 19 heavy (non-hydrogen) atoms. The molecule has 106 valence electrons. The number of hydrogen-bond donors (Lipinski definition) is 0. The summed E-state index contributed by atoms with van der Waals surface area (Å²) in [5.74, 6) is 1.96. The van der Waals surface area contributed by atoms with Crippen LogP contribution < -0.4 is 0 Å². The normalized spacial score (nSPS) is 18.4. The van der Waals surface area contributed by atoms with E-state index in [-0.39, 0.29) is 5.91 Å². The van der Waals surface area contributed by atoms with Crippen molar-refractivity contribution in [3.05, 3.63) is 0 Å². The minimum Gasteiger partial charge on any atom is -0.345 e. The van der Waals surface area contributed by atoms with Crippen molar-refractivity contribution in [2.75, 3.05) is 33.2 Å². The van der Waals surface area contributed by atoms with Crippen LogP contribution in [0.15, 0.2) is 0 Å². The highest BCUT2D eigenvalue weighted by Crippen LogP contribution is 2.33. The van der Waals surface area contributed by atoms with Gasteiger partial charge in [-0.1, -0.05) is 0 Å². The lowest BCUT2D eigenvalue weighted by atomic mass is 10.2. The molecule has 0 atom stereocenters. The van der Waals surface area contributed by atoms with E-state index in [1.54, 1.807) is 11.9 Å². The van der Waals surface area contributed by atoms with Crippen molar-refractivity contribution in [2.24, 2.45) is 11.8 Å². The van der Waals surface area contributed by atoms with Gasteiger partial charge < -0.3 is 9.80 Å². The Labute approximate surface area is 116 Å². The highest BCUT2D eigenvalue weighted by atomic mass is 16.2. The fourth-order valence-electron chi connectivity index (χ4n) is 2.38.